The van der Waals surface area contributed by atoms with Crippen molar-refractivity contribution >= 4 is 23.2 Å². The van der Waals surface area contributed by atoms with Crippen molar-refractivity contribution in [3.8, 4) is 16.9 Å². The Kier molecular flexibility index (Phi) is 9.57. The Bertz CT molecular complexity index is 1390. The maximum atomic E-state index is 13.5. The lowest BCUT2D eigenvalue weighted by Gasteiger charge is -2.33. The highest BCUT2D eigenvalue weighted by Crippen LogP contribution is 2.33. The molecule has 8 nitrogen and oxygen atoms in total. The van der Waals surface area contributed by atoms with Crippen molar-refractivity contribution in [1.29, 1.82) is 0 Å². The zero-order chi connectivity index (χ0) is 29.6. The summed E-state index contributed by atoms with van der Waals surface area (Å²) >= 11 is 0. The van der Waals surface area contributed by atoms with E-state index >= 15 is 0 Å². The SMILES string of the molecule is CC(C)CN(CCN1CCCC(O)C1)Cc1cc(C(=O)Nc2ccc3c(c2)NC(=O)C(C)O3)ccc1-c1ccccc1. The summed E-state index contributed by atoms with van der Waals surface area (Å²) in [5.41, 5.74) is 5.01. The molecule has 5 rings (SSSR count). The van der Waals surface area contributed by atoms with Crippen LogP contribution in [0.4, 0.5) is 11.4 Å². The second-order valence-electron chi connectivity index (χ2n) is 11.9. The van der Waals surface area contributed by atoms with E-state index in [1.807, 2.05) is 36.4 Å². The summed E-state index contributed by atoms with van der Waals surface area (Å²) in [5.74, 6) is 0.637. The van der Waals surface area contributed by atoms with Crippen LogP contribution in [0.1, 0.15) is 49.5 Å². The number of piperidine rings is 1. The minimum atomic E-state index is -0.554. The molecular weight excluding hydrogens is 528 g/mol. The van der Waals surface area contributed by atoms with Gasteiger partial charge in [-0.15, -0.1) is 0 Å². The van der Waals surface area contributed by atoms with Crippen LogP contribution in [0.3, 0.4) is 0 Å². The highest BCUT2D eigenvalue weighted by molar-refractivity contribution is 6.05. The summed E-state index contributed by atoms with van der Waals surface area (Å²) < 4.78 is 5.64. The first-order valence-corrected chi connectivity index (χ1v) is 15.0. The molecule has 0 saturated carbocycles. The Morgan fingerprint density at radius 3 is 2.71 bits per heavy atom. The molecule has 0 spiro atoms. The van der Waals surface area contributed by atoms with Crippen LogP contribution >= 0.6 is 0 Å². The third-order valence-electron chi connectivity index (χ3n) is 7.85. The van der Waals surface area contributed by atoms with E-state index < -0.39 is 6.10 Å². The predicted octanol–water partition coefficient (Wildman–Crippen LogP) is 5.24. The summed E-state index contributed by atoms with van der Waals surface area (Å²) in [6.07, 6.45) is 1.12. The van der Waals surface area contributed by atoms with E-state index in [1.54, 1.807) is 25.1 Å². The number of aliphatic hydroxyl groups excluding tert-OH is 1. The third kappa shape index (κ3) is 7.56. The Labute approximate surface area is 248 Å². The van der Waals surface area contributed by atoms with Crippen LogP contribution in [0.25, 0.3) is 11.1 Å². The molecule has 0 aromatic heterocycles. The molecule has 0 radical (unpaired) electrons. The zero-order valence-electron chi connectivity index (χ0n) is 24.8. The normalized spacial score (nSPS) is 18.9. The second kappa shape index (κ2) is 13.5. The van der Waals surface area contributed by atoms with Crippen LogP contribution in [0.15, 0.2) is 66.7 Å². The van der Waals surface area contributed by atoms with E-state index in [9.17, 15) is 14.7 Å². The van der Waals surface area contributed by atoms with Gasteiger partial charge in [0.25, 0.3) is 11.8 Å². The monoisotopic (exact) mass is 570 g/mol. The van der Waals surface area contributed by atoms with Crippen LogP contribution in [-0.4, -0.2) is 71.7 Å². The summed E-state index contributed by atoms with van der Waals surface area (Å²) in [7, 11) is 0. The molecule has 2 aliphatic heterocycles. The molecule has 222 valence electrons. The third-order valence-corrected chi connectivity index (χ3v) is 7.85. The van der Waals surface area contributed by atoms with Gasteiger partial charge in [0.15, 0.2) is 6.10 Å². The second-order valence-corrected chi connectivity index (χ2v) is 11.9. The summed E-state index contributed by atoms with van der Waals surface area (Å²) in [6, 6.07) is 21.5. The number of fused-ring (bicyclic) bond motifs is 1. The number of rotatable bonds is 10. The van der Waals surface area contributed by atoms with Gasteiger partial charge in [-0.25, -0.2) is 0 Å². The average Bonchev–Trinajstić information content (AvgIpc) is 2.97. The Hall–Kier alpha value is -3.72. The van der Waals surface area contributed by atoms with Gasteiger partial charge in [-0.2, -0.15) is 0 Å². The lowest BCUT2D eigenvalue weighted by atomic mass is 9.96. The van der Waals surface area contributed by atoms with Gasteiger partial charge in [0.1, 0.15) is 5.75 Å². The van der Waals surface area contributed by atoms with Gasteiger partial charge in [0.05, 0.1) is 11.8 Å². The van der Waals surface area contributed by atoms with Crippen molar-refractivity contribution in [3.63, 3.8) is 0 Å². The Morgan fingerprint density at radius 1 is 1.14 bits per heavy atom. The van der Waals surface area contributed by atoms with Crippen molar-refractivity contribution in [2.75, 3.05) is 43.4 Å². The Morgan fingerprint density at radius 2 is 1.95 bits per heavy atom. The average molecular weight is 571 g/mol. The fraction of sp³-hybridized carbons (Fsp3) is 0.412. The van der Waals surface area contributed by atoms with E-state index in [1.165, 1.54) is 0 Å². The largest absolute Gasteiger partial charge is 0.479 e. The van der Waals surface area contributed by atoms with Crippen molar-refractivity contribution in [3.05, 3.63) is 77.9 Å². The van der Waals surface area contributed by atoms with E-state index in [-0.39, 0.29) is 17.9 Å². The molecule has 2 aliphatic rings. The molecular formula is C34H42N4O4. The first kappa shape index (κ1) is 29.8. The Balaban J connectivity index is 1.37. The van der Waals surface area contributed by atoms with E-state index in [0.29, 0.717) is 35.2 Å². The lowest BCUT2D eigenvalue weighted by molar-refractivity contribution is -0.122. The van der Waals surface area contributed by atoms with Crippen LogP contribution in [-0.2, 0) is 11.3 Å². The van der Waals surface area contributed by atoms with Gasteiger partial charge < -0.3 is 20.5 Å². The number of nitrogens with one attached hydrogen (secondary N) is 2. The molecule has 2 heterocycles. The standard InChI is InChI=1S/C34H42N4O4/c1-23(2)20-38(17-16-37-15-7-10-29(39)22-37)21-27-18-26(11-13-30(27)25-8-5-4-6-9-25)34(41)35-28-12-14-32-31(19-28)36-33(40)24(3)42-32/h4-6,8-9,11-14,18-19,23-24,29,39H,7,10,15-17,20-22H2,1-3H3,(H,35,41)(H,36,40). The number of carbonyl (C=O) groups is 2. The van der Waals surface area contributed by atoms with Crippen LogP contribution in [0, 0.1) is 5.92 Å². The van der Waals surface area contributed by atoms with E-state index in [0.717, 1.165) is 62.3 Å². The fourth-order valence-electron chi connectivity index (χ4n) is 5.76. The number of carbonyl (C=O) groups excluding carboxylic acids is 2. The molecule has 3 aromatic rings. The molecule has 2 amide bonds. The first-order chi connectivity index (χ1) is 20.2. The summed E-state index contributed by atoms with van der Waals surface area (Å²) in [6.45, 7) is 11.3. The number of β-amino-alcohol motifs (C(OH)–C–C–N with tert-alkyl or cyclic N) is 1. The smallest absolute Gasteiger partial charge is 0.265 e. The number of anilines is 2. The molecule has 1 saturated heterocycles. The van der Waals surface area contributed by atoms with Crippen molar-refractivity contribution in [1.82, 2.24) is 9.80 Å². The first-order valence-electron chi connectivity index (χ1n) is 15.0. The highest BCUT2D eigenvalue weighted by Gasteiger charge is 2.24. The predicted molar refractivity (Wildman–Crippen MR) is 167 cm³/mol. The van der Waals surface area contributed by atoms with Gasteiger partial charge in [0, 0.05) is 44.0 Å². The van der Waals surface area contributed by atoms with E-state index in [4.69, 9.17) is 4.74 Å². The number of likely N-dealkylation sites (tertiary alicyclic amines) is 1. The summed E-state index contributed by atoms with van der Waals surface area (Å²) in [4.78, 5) is 30.3. The highest BCUT2D eigenvalue weighted by atomic mass is 16.5. The van der Waals surface area contributed by atoms with Crippen molar-refractivity contribution in [2.45, 2.75) is 52.4 Å². The molecule has 42 heavy (non-hydrogen) atoms. The maximum Gasteiger partial charge on any atom is 0.265 e. The zero-order valence-corrected chi connectivity index (χ0v) is 24.8. The minimum Gasteiger partial charge on any atom is -0.479 e. The van der Waals surface area contributed by atoms with Crippen molar-refractivity contribution < 1.29 is 19.4 Å². The molecule has 0 bridgehead atoms. The maximum absolute atomic E-state index is 13.5. The quantitative estimate of drug-likeness (QED) is 0.309. The number of hydrogen-bond acceptors (Lipinski definition) is 6. The number of aliphatic hydroxyl groups is 1. The van der Waals surface area contributed by atoms with Crippen LogP contribution in [0.2, 0.25) is 0 Å². The number of benzene rings is 3. The van der Waals surface area contributed by atoms with Crippen LogP contribution < -0.4 is 15.4 Å². The number of hydrogen-bond donors (Lipinski definition) is 3. The number of nitrogens with zero attached hydrogens (tertiary/aromatic N) is 2. The van der Waals surface area contributed by atoms with Gasteiger partial charge in [-0.1, -0.05) is 50.2 Å². The van der Waals surface area contributed by atoms with Crippen LogP contribution in [0.5, 0.6) is 5.75 Å². The molecule has 3 aromatic carbocycles. The van der Waals surface area contributed by atoms with E-state index in [2.05, 4.69) is 46.4 Å². The fourth-order valence-corrected chi connectivity index (χ4v) is 5.76. The minimum absolute atomic E-state index is 0.213. The van der Waals surface area contributed by atoms with Gasteiger partial charge in [-0.3, -0.25) is 19.4 Å². The number of amides is 2. The molecule has 3 N–H and O–H groups in total. The lowest BCUT2D eigenvalue weighted by Crippen LogP contribution is -2.43. The molecule has 2 unspecified atom stereocenters. The van der Waals surface area contributed by atoms with Crippen molar-refractivity contribution in [2.24, 2.45) is 5.92 Å². The molecule has 2 atom stereocenters. The van der Waals surface area contributed by atoms with Gasteiger partial charge in [0.2, 0.25) is 0 Å². The summed E-state index contributed by atoms with van der Waals surface area (Å²) in [5, 5.41) is 16.0. The molecule has 8 heteroatoms. The molecule has 1 fully saturated rings. The number of ether oxygens (including phenoxy) is 1. The molecule has 0 aliphatic carbocycles. The van der Waals surface area contributed by atoms with Gasteiger partial charge >= 0.3 is 0 Å². The topological polar surface area (TPSA) is 94.1 Å². The van der Waals surface area contributed by atoms with Gasteiger partial charge in [-0.05, 0) is 79.3 Å².